The Hall–Kier alpha value is -2.33. The molecular formula is C31H52O9. The maximum Gasteiger partial charge on any atom is 0.335 e. The molecule has 0 saturated heterocycles. The predicted octanol–water partition coefficient (Wildman–Crippen LogP) is 4.41. The van der Waals surface area contributed by atoms with Crippen LogP contribution in [-0.4, -0.2) is 74.3 Å². The predicted molar refractivity (Wildman–Crippen MR) is 155 cm³/mol. The van der Waals surface area contributed by atoms with Crippen LogP contribution in [-0.2, 0) is 19.1 Å². The van der Waals surface area contributed by atoms with E-state index in [1.165, 1.54) is 57.9 Å². The first kappa shape index (κ1) is 37.7. The number of rotatable bonds is 22. The van der Waals surface area contributed by atoms with Crippen LogP contribution < -0.4 is 0 Å². The van der Waals surface area contributed by atoms with Gasteiger partial charge in [-0.2, -0.15) is 0 Å². The lowest BCUT2D eigenvalue weighted by Crippen LogP contribution is -2.46. The number of Topliss-reactive ketones (excluding diaryl/α,β-unsaturated/α-hetero) is 1. The molecule has 0 amide bonds. The fourth-order valence-electron chi connectivity index (χ4n) is 4.27. The van der Waals surface area contributed by atoms with Crippen LogP contribution in [0.15, 0.2) is 34.9 Å². The Labute approximate surface area is 239 Å². The van der Waals surface area contributed by atoms with E-state index in [0.717, 1.165) is 24.8 Å². The smallest absolute Gasteiger partial charge is 0.335 e. The summed E-state index contributed by atoms with van der Waals surface area (Å²) in [5, 5.41) is 47.6. The molecule has 0 rings (SSSR count). The van der Waals surface area contributed by atoms with Crippen molar-refractivity contribution in [2.24, 2.45) is 5.92 Å². The van der Waals surface area contributed by atoms with Gasteiger partial charge in [-0.15, -0.1) is 0 Å². The number of esters is 1. The van der Waals surface area contributed by atoms with Crippen molar-refractivity contribution in [3.63, 3.8) is 0 Å². The Kier molecular flexibility index (Phi) is 20.2. The largest absolute Gasteiger partial charge is 0.479 e. The summed E-state index contributed by atoms with van der Waals surface area (Å²) in [6, 6.07) is 0. The molecule has 0 spiro atoms. The molecule has 0 saturated carbocycles. The Morgan fingerprint density at radius 2 is 1.40 bits per heavy atom. The summed E-state index contributed by atoms with van der Waals surface area (Å²) in [4.78, 5) is 36.0. The fourth-order valence-corrected chi connectivity index (χ4v) is 4.27. The Bertz CT molecular complexity index is 859. The summed E-state index contributed by atoms with van der Waals surface area (Å²) in [6.45, 7) is 7.84. The molecule has 0 fully saturated rings. The number of aliphatic hydroxyl groups excluding tert-OH is 4. The Morgan fingerprint density at radius 3 is 1.93 bits per heavy atom. The van der Waals surface area contributed by atoms with Crippen LogP contribution in [0.1, 0.15) is 105 Å². The van der Waals surface area contributed by atoms with Gasteiger partial charge in [0.1, 0.15) is 6.10 Å². The zero-order valence-corrected chi connectivity index (χ0v) is 25.0. The molecule has 9 heteroatoms. The number of carbonyl (C=O) groups is 3. The quantitative estimate of drug-likeness (QED) is 0.0551. The summed E-state index contributed by atoms with van der Waals surface area (Å²) in [5.41, 5.74) is 1.34. The van der Waals surface area contributed by atoms with Gasteiger partial charge in [0.15, 0.2) is 18.0 Å². The van der Waals surface area contributed by atoms with E-state index in [4.69, 9.17) is 9.84 Å². The molecule has 0 unspecified atom stereocenters. The van der Waals surface area contributed by atoms with Crippen molar-refractivity contribution in [3.8, 4) is 0 Å². The first-order valence-electron chi connectivity index (χ1n) is 14.5. The molecule has 5 N–H and O–H groups in total. The van der Waals surface area contributed by atoms with Crippen LogP contribution in [0.2, 0.25) is 0 Å². The number of carboxylic acids is 1. The van der Waals surface area contributed by atoms with Gasteiger partial charge in [-0.05, 0) is 39.2 Å². The molecule has 0 aromatic rings. The SMILES string of the molecule is CCCCCCCCCCC[C@@H](O)C/C=C(C)/C=C(\C)C(=O)[C@H](C)/C=C(\C)C(=O)O[C@H](CO)[C@@H](O)[C@H](O)C(=O)O. The van der Waals surface area contributed by atoms with E-state index in [9.17, 15) is 34.8 Å². The molecular weight excluding hydrogens is 516 g/mol. The molecule has 230 valence electrons. The van der Waals surface area contributed by atoms with Crippen molar-refractivity contribution in [2.45, 2.75) is 130 Å². The van der Waals surface area contributed by atoms with Crippen LogP contribution in [0.4, 0.5) is 0 Å². The van der Waals surface area contributed by atoms with Crippen molar-refractivity contribution in [1.82, 2.24) is 0 Å². The molecule has 0 aromatic heterocycles. The van der Waals surface area contributed by atoms with Gasteiger partial charge in [-0.1, -0.05) is 95.4 Å². The molecule has 40 heavy (non-hydrogen) atoms. The molecule has 9 nitrogen and oxygen atoms in total. The zero-order valence-electron chi connectivity index (χ0n) is 25.0. The van der Waals surface area contributed by atoms with Gasteiger partial charge >= 0.3 is 11.9 Å². The molecule has 0 aliphatic heterocycles. The second-order valence-corrected chi connectivity index (χ2v) is 10.7. The van der Waals surface area contributed by atoms with Crippen molar-refractivity contribution >= 4 is 17.7 Å². The van der Waals surface area contributed by atoms with E-state index in [1.807, 2.05) is 13.0 Å². The standard InChI is InChI=1S/C31H52O9/c1-6-7-8-9-10-11-12-13-14-15-25(33)17-16-21(2)18-22(3)27(34)23(4)19-24(5)31(39)40-26(20-32)28(35)29(36)30(37)38/h16,18-19,23,25-26,28-29,32-33,35-36H,6-15,17,20H2,1-5H3,(H,37,38)/b21-16+,22-18+,24-19+/t23-,25-,26-,28-,29+/m1/s1. The molecule has 0 radical (unpaired) electrons. The number of hydrogen-bond acceptors (Lipinski definition) is 8. The van der Waals surface area contributed by atoms with Gasteiger partial charge in [0.25, 0.3) is 0 Å². The van der Waals surface area contributed by atoms with Crippen LogP contribution in [0, 0.1) is 5.92 Å². The molecule has 0 aliphatic rings. The number of aliphatic hydroxyl groups is 4. The van der Waals surface area contributed by atoms with Gasteiger partial charge in [-0.25, -0.2) is 9.59 Å². The topological polar surface area (TPSA) is 162 Å². The highest BCUT2D eigenvalue weighted by Gasteiger charge is 2.33. The van der Waals surface area contributed by atoms with Gasteiger partial charge in [-0.3, -0.25) is 4.79 Å². The normalized spacial score (nSPS) is 16.7. The van der Waals surface area contributed by atoms with E-state index in [2.05, 4.69) is 6.92 Å². The maximum absolute atomic E-state index is 12.8. The number of carboxylic acid groups (broad SMARTS) is 1. The number of unbranched alkanes of at least 4 members (excludes halogenated alkanes) is 8. The molecule has 0 aromatic carbocycles. The minimum absolute atomic E-state index is 0.0241. The van der Waals surface area contributed by atoms with E-state index in [0.29, 0.717) is 12.0 Å². The summed E-state index contributed by atoms with van der Waals surface area (Å²) in [5.74, 6) is -3.60. The average molecular weight is 569 g/mol. The number of aliphatic carboxylic acids is 1. The van der Waals surface area contributed by atoms with E-state index in [1.54, 1.807) is 19.9 Å². The number of carbonyl (C=O) groups excluding carboxylic acids is 2. The lowest BCUT2D eigenvalue weighted by atomic mass is 9.96. The average Bonchev–Trinajstić information content (AvgIpc) is 2.92. The van der Waals surface area contributed by atoms with E-state index < -0.39 is 48.9 Å². The zero-order chi connectivity index (χ0) is 30.7. The van der Waals surface area contributed by atoms with Gasteiger partial charge in [0.05, 0.1) is 12.7 Å². The van der Waals surface area contributed by atoms with E-state index >= 15 is 0 Å². The first-order valence-corrected chi connectivity index (χ1v) is 14.5. The third-order valence-electron chi connectivity index (χ3n) is 6.82. The van der Waals surface area contributed by atoms with Crippen molar-refractivity contribution in [3.05, 3.63) is 34.9 Å². The highest BCUT2D eigenvalue weighted by atomic mass is 16.6. The second kappa shape index (κ2) is 21.4. The maximum atomic E-state index is 12.8. The first-order chi connectivity index (χ1) is 18.8. The number of ketones is 1. The van der Waals surface area contributed by atoms with Gasteiger partial charge in [0.2, 0.25) is 0 Å². The molecule has 0 heterocycles. The van der Waals surface area contributed by atoms with Crippen molar-refractivity contribution in [1.29, 1.82) is 0 Å². The number of hydrogen-bond donors (Lipinski definition) is 5. The summed E-state index contributed by atoms with van der Waals surface area (Å²) in [6.07, 6.45) is 11.1. The van der Waals surface area contributed by atoms with Crippen LogP contribution in [0.5, 0.6) is 0 Å². The van der Waals surface area contributed by atoms with Gasteiger partial charge in [0, 0.05) is 11.5 Å². The third kappa shape index (κ3) is 16.1. The summed E-state index contributed by atoms with van der Waals surface area (Å²) >= 11 is 0. The fraction of sp³-hybridized carbons (Fsp3) is 0.710. The monoisotopic (exact) mass is 568 g/mol. The highest BCUT2D eigenvalue weighted by molar-refractivity contribution is 5.99. The lowest BCUT2D eigenvalue weighted by molar-refractivity contribution is -0.171. The van der Waals surface area contributed by atoms with E-state index in [-0.39, 0.29) is 11.4 Å². The second-order valence-electron chi connectivity index (χ2n) is 10.7. The highest BCUT2D eigenvalue weighted by Crippen LogP contribution is 2.16. The van der Waals surface area contributed by atoms with Crippen LogP contribution in [0.25, 0.3) is 0 Å². The lowest BCUT2D eigenvalue weighted by Gasteiger charge is -2.23. The van der Waals surface area contributed by atoms with Crippen molar-refractivity contribution in [2.75, 3.05) is 6.61 Å². The molecule has 0 aliphatic carbocycles. The summed E-state index contributed by atoms with van der Waals surface area (Å²) < 4.78 is 4.93. The number of allylic oxidation sites excluding steroid dienone is 4. The van der Waals surface area contributed by atoms with Crippen molar-refractivity contribution < 1.29 is 44.7 Å². The molecule has 0 bridgehead atoms. The minimum Gasteiger partial charge on any atom is -0.479 e. The Morgan fingerprint density at radius 1 is 0.850 bits per heavy atom. The van der Waals surface area contributed by atoms with Gasteiger partial charge < -0.3 is 30.3 Å². The van der Waals surface area contributed by atoms with Crippen LogP contribution in [0.3, 0.4) is 0 Å². The minimum atomic E-state index is -2.24. The summed E-state index contributed by atoms with van der Waals surface area (Å²) in [7, 11) is 0. The number of ether oxygens (including phenoxy) is 1. The van der Waals surface area contributed by atoms with Crippen LogP contribution >= 0.6 is 0 Å². The third-order valence-corrected chi connectivity index (χ3v) is 6.82. The molecule has 5 atom stereocenters. The Balaban J connectivity index is 4.74.